The first-order valence-electron chi connectivity index (χ1n) is 10.1. The number of carbonyl (C=O) groups excluding carboxylic acids is 1. The van der Waals surface area contributed by atoms with E-state index in [-0.39, 0.29) is 12.4 Å². The van der Waals surface area contributed by atoms with Crippen molar-refractivity contribution in [2.45, 2.75) is 70.8 Å². The van der Waals surface area contributed by atoms with Gasteiger partial charge in [0.2, 0.25) is 5.91 Å². The molecule has 6 aliphatic rings. The molecular formula is C20H33ClN2O. The fourth-order valence-corrected chi connectivity index (χ4v) is 7.37. The molecule has 1 saturated heterocycles. The minimum atomic E-state index is 0. The van der Waals surface area contributed by atoms with Crippen LogP contribution in [-0.2, 0) is 4.79 Å². The number of amides is 1. The van der Waals surface area contributed by atoms with Crippen LogP contribution in [0.25, 0.3) is 0 Å². The van der Waals surface area contributed by atoms with Crippen LogP contribution >= 0.6 is 12.4 Å². The highest BCUT2D eigenvalue weighted by molar-refractivity contribution is 5.85. The maximum Gasteiger partial charge on any atom is 0.223 e. The summed E-state index contributed by atoms with van der Waals surface area (Å²) in [6, 6.07) is 0.391. The van der Waals surface area contributed by atoms with Crippen LogP contribution in [0.2, 0.25) is 0 Å². The van der Waals surface area contributed by atoms with Crippen molar-refractivity contribution in [2.75, 3.05) is 13.1 Å². The van der Waals surface area contributed by atoms with Gasteiger partial charge in [-0.3, -0.25) is 4.79 Å². The molecule has 136 valence electrons. The largest absolute Gasteiger partial charge is 0.353 e. The molecule has 0 aromatic carbocycles. The zero-order valence-corrected chi connectivity index (χ0v) is 15.8. The molecule has 6 fully saturated rings. The predicted molar refractivity (Wildman–Crippen MR) is 98.1 cm³/mol. The van der Waals surface area contributed by atoms with Crippen molar-refractivity contribution in [3.05, 3.63) is 0 Å². The molecular weight excluding hydrogens is 320 g/mol. The molecule has 1 aliphatic heterocycles. The standard InChI is InChI=1S/C20H32N2O.ClH/c1-13(20-9-14-6-15(10-20)8-16(7-14)11-20)22-18(23)17-12-19(17)2-4-21-5-3-19;/h13-17,21H,2-12H2,1H3,(H,22,23);1H. The molecule has 5 saturated carbocycles. The molecule has 24 heavy (non-hydrogen) atoms. The SMILES string of the molecule is CC(NC(=O)C1CC12CCNCC2)C12CC3CC(CC(C3)C1)C2.Cl. The smallest absolute Gasteiger partial charge is 0.223 e. The first-order valence-corrected chi connectivity index (χ1v) is 10.1. The highest BCUT2D eigenvalue weighted by Crippen LogP contribution is 2.62. The molecule has 4 bridgehead atoms. The number of hydrogen-bond acceptors (Lipinski definition) is 2. The zero-order valence-electron chi connectivity index (χ0n) is 15.0. The Labute approximate surface area is 152 Å². The van der Waals surface area contributed by atoms with Crippen molar-refractivity contribution in [2.24, 2.45) is 34.5 Å². The summed E-state index contributed by atoms with van der Waals surface area (Å²) >= 11 is 0. The quantitative estimate of drug-likeness (QED) is 0.816. The predicted octanol–water partition coefficient (Wildman–Crippen LogP) is 3.52. The molecule has 0 aromatic rings. The lowest BCUT2D eigenvalue weighted by atomic mass is 9.48. The van der Waals surface area contributed by atoms with Crippen LogP contribution in [-0.4, -0.2) is 25.0 Å². The number of rotatable bonds is 3. The summed E-state index contributed by atoms with van der Waals surface area (Å²) in [7, 11) is 0. The van der Waals surface area contributed by atoms with E-state index in [9.17, 15) is 4.79 Å². The Hall–Kier alpha value is -0.280. The normalized spacial score (nSPS) is 45.5. The first kappa shape index (κ1) is 17.1. The Bertz CT molecular complexity index is 478. The molecule has 0 aromatic heterocycles. The maximum atomic E-state index is 12.9. The summed E-state index contributed by atoms with van der Waals surface area (Å²) in [5.74, 6) is 3.61. The fourth-order valence-electron chi connectivity index (χ4n) is 7.37. The minimum Gasteiger partial charge on any atom is -0.353 e. The van der Waals surface area contributed by atoms with E-state index in [0.717, 1.165) is 37.3 Å². The topological polar surface area (TPSA) is 41.1 Å². The van der Waals surface area contributed by atoms with E-state index < -0.39 is 0 Å². The second-order valence-corrected chi connectivity index (χ2v) is 9.88. The summed E-state index contributed by atoms with van der Waals surface area (Å²) in [6.07, 6.45) is 12.2. The van der Waals surface area contributed by atoms with Gasteiger partial charge in [-0.15, -0.1) is 12.4 Å². The highest BCUT2D eigenvalue weighted by Gasteiger charge is 2.59. The van der Waals surface area contributed by atoms with Crippen LogP contribution in [0.3, 0.4) is 0 Å². The molecule has 6 rings (SSSR count). The van der Waals surface area contributed by atoms with Crippen LogP contribution < -0.4 is 10.6 Å². The number of hydrogen-bond donors (Lipinski definition) is 2. The van der Waals surface area contributed by atoms with E-state index >= 15 is 0 Å². The molecule has 2 unspecified atom stereocenters. The lowest BCUT2D eigenvalue weighted by Gasteiger charge is -2.59. The third-order valence-electron chi connectivity index (χ3n) is 8.47. The van der Waals surface area contributed by atoms with E-state index in [1.165, 1.54) is 51.4 Å². The number of carbonyl (C=O) groups is 1. The van der Waals surface area contributed by atoms with Crippen LogP contribution in [0.4, 0.5) is 0 Å². The number of halogens is 1. The Morgan fingerprint density at radius 2 is 1.54 bits per heavy atom. The minimum absolute atomic E-state index is 0. The molecule has 1 spiro atoms. The van der Waals surface area contributed by atoms with Gasteiger partial charge in [-0.1, -0.05) is 0 Å². The highest BCUT2D eigenvalue weighted by atomic mass is 35.5. The van der Waals surface area contributed by atoms with Crippen molar-refractivity contribution in [3.8, 4) is 0 Å². The van der Waals surface area contributed by atoms with Crippen LogP contribution in [0.5, 0.6) is 0 Å². The molecule has 0 radical (unpaired) electrons. The van der Waals surface area contributed by atoms with Gasteiger partial charge in [-0.05, 0) is 106 Å². The molecule has 3 nitrogen and oxygen atoms in total. The van der Waals surface area contributed by atoms with Crippen molar-refractivity contribution >= 4 is 18.3 Å². The number of piperidine rings is 1. The molecule has 4 heteroatoms. The van der Waals surface area contributed by atoms with Gasteiger partial charge in [-0.25, -0.2) is 0 Å². The van der Waals surface area contributed by atoms with E-state index in [4.69, 9.17) is 0 Å². The third-order valence-corrected chi connectivity index (χ3v) is 8.47. The maximum absolute atomic E-state index is 12.9. The fraction of sp³-hybridized carbons (Fsp3) is 0.950. The molecule has 2 atom stereocenters. The third kappa shape index (κ3) is 2.61. The van der Waals surface area contributed by atoms with E-state index in [1.54, 1.807) is 0 Å². The van der Waals surface area contributed by atoms with E-state index in [0.29, 0.717) is 28.7 Å². The lowest BCUT2D eigenvalue weighted by Crippen LogP contribution is -2.56. The number of nitrogens with one attached hydrogen (secondary N) is 2. The molecule has 2 N–H and O–H groups in total. The second kappa shape index (κ2) is 5.87. The summed E-state index contributed by atoms with van der Waals surface area (Å²) in [4.78, 5) is 12.9. The molecule has 1 amide bonds. The van der Waals surface area contributed by atoms with Crippen molar-refractivity contribution < 1.29 is 4.79 Å². The van der Waals surface area contributed by atoms with E-state index in [1.807, 2.05) is 0 Å². The Morgan fingerprint density at radius 1 is 1.00 bits per heavy atom. The van der Waals surface area contributed by atoms with Gasteiger partial charge < -0.3 is 10.6 Å². The van der Waals surface area contributed by atoms with Gasteiger partial charge in [0.25, 0.3) is 0 Å². The van der Waals surface area contributed by atoms with Gasteiger partial charge in [0.15, 0.2) is 0 Å². The summed E-state index contributed by atoms with van der Waals surface area (Å²) in [5, 5.41) is 6.95. The van der Waals surface area contributed by atoms with Gasteiger partial charge in [0.05, 0.1) is 0 Å². The van der Waals surface area contributed by atoms with Gasteiger partial charge in [0.1, 0.15) is 0 Å². The average molecular weight is 353 g/mol. The van der Waals surface area contributed by atoms with Gasteiger partial charge in [0, 0.05) is 12.0 Å². The van der Waals surface area contributed by atoms with Crippen molar-refractivity contribution in [1.82, 2.24) is 10.6 Å². The Morgan fingerprint density at radius 3 is 2.08 bits per heavy atom. The van der Waals surface area contributed by atoms with Crippen molar-refractivity contribution in [1.29, 1.82) is 0 Å². The van der Waals surface area contributed by atoms with E-state index in [2.05, 4.69) is 17.6 Å². The lowest BCUT2D eigenvalue weighted by molar-refractivity contribution is -0.128. The van der Waals surface area contributed by atoms with Crippen molar-refractivity contribution in [3.63, 3.8) is 0 Å². The summed E-state index contributed by atoms with van der Waals surface area (Å²) in [5.41, 5.74) is 0.817. The second-order valence-electron chi connectivity index (χ2n) is 9.88. The Kier molecular flexibility index (Phi) is 4.20. The van der Waals surface area contributed by atoms with Gasteiger partial charge in [-0.2, -0.15) is 0 Å². The summed E-state index contributed by atoms with van der Waals surface area (Å²) in [6.45, 7) is 4.53. The molecule has 1 heterocycles. The van der Waals surface area contributed by atoms with Gasteiger partial charge >= 0.3 is 0 Å². The van der Waals surface area contributed by atoms with Crippen LogP contribution in [0.15, 0.2) is 0 Å². The molecule has 5 aliphatic carbocycles. The first-order chi connectivity index (χ1) is 11.1. The zero-order chi connectivity index (χ0) is 15.7. The summed E-state index contributed by atoms with van der Waals surface area (Å²) < 4.78 is 0. The van der Waals surface area contributed by atoms with Crippen LogP contribution in [0, 0.1) is 34.5 Å². The average Bonchev–Trinajstić information content (AvgIpc) is 3.20. The van der Waals surface area contributed by atoms with Crippen LogP contribution in [0.1, 0.15) is 64.7 Å². The Balaban J connectivity index is 0.00000146. The monoisotopic (exact) mass is 352 g/mol.